The fourth-order valence-electron chi connectivity index (χ4n) is 3.50. The van der Waals surface area contributed by atoms with Crippen LogP contribution in [0.1, 0.15) is 18.4 Å². The molecule has 0 spiro atoms. The maximum Gasteiger partial charge on any atom is 0.227 e. The predicted octanol–water partition coefficient (Wildman–Crippen LogP) is 1.66. The van der Waals surface area contributed by atoms with Gasteiger partial charge in [0.1, 0.15) is 17.7 Å². The van der Waals surface area contributed by atoms with Gasteiger partial charge in [0.15, 0.2) is 0 Å². The molecule has 8 nitrogen and oxygen atoms in total. The highest BCUT2D eigenvalue weighted by molar-refractivity contribution is 5.45. The van der Waals surface area contributed by atoms with E-state index in [0.29, 0.717) is 11.6 Å². The van der Waals surface area contributed by atoms with Crippen LogP contribution >= 0.6 is 0 Å². The molecule has 2 saturated heterocycles. The van der Waals surface area contributed by atoms with Gasteiger partial charge in [0, 0.05) is 44.6 Å². The van der Waals surface area contributed by atoms with Gasteiger partial charge in [-0.05, 0) is 31.0 Å². The summed E-state index contributed by atoms with van der Waals surface area (Å²) in [5, 5.41) is 12.5. The van der Waals surface area contributed by atoms with Gasteiger partial charge in [0.2, 0.25) is 5.95 Å². The summed E-state index contributed by atoms with van der Waals surface area (Å²) in [5.74, 6) is 2.52. The molecular formula is C19H23N7O. The van der Waals surface area contributed by atoms with E-state index in [2.05, 4.69) is 36.1 Å². The Morgan fingerprint density at radius 3 is 2.78 bits per heavy atom. The summed E-state index contributed by atoms with van der Waals surface area (Å²) in [6.07, 6.45) is 5.61. The lowest BCUT2D eigenvalue weighted by Gasteiger charge is -2.34. The van der Waals surface area contributed by atoms with E-state index in [4.69, 9.17) is 10.00 Å². The van der Waals surface area contributed by atoms with Crippen LogP contribution in [0.4, 0.5) is 17.6 Å². The molecule has 2 aliphatic heterocycles. The molecule has 0 saturated carbocycles. The third kappa shape index (κ3) is 4.26. The average Bonchev–Trinajstić information content (AvgIpc) is 2.75. The molecule has 2 aromatic heterocycles. The largest absolute Gasteiger partial charge is 0.378 e. The van der Waals surface area contributed by atoms with Crippen molar-refractivity contribution in [3.63, 3.8) is 0 Å². The monoisotopic (exact) mass is 365 g/mol. The molecular weight excluding hydrogens is 342 g/mol. The van der Waals surface area contributed by atoms with Crippen molar-refractivity contribution in [2.45, 2.75) is 18.9 Å². The van der Waals surface area contributed by atoms with Crippen LogP contribution in [0.5, 0.6) is 0 Å². The number of ether oxygens (including phenoxy) is 1. The Balaban J connectivity index is 1.41. The number of hydrogen-bond acceptors (Lipinski definition) is 8. The first-order valence-electron chi connectivity index (χ1n) is 9.35. The maximum absolute atomic E-state index is 8.93. The lowest BCUT2D eigenvalue weighted by Crippen LogP contribution is -2.42. The molecule has 1 atom stereocenters. The minimum Gasteiger partial charge on any atom is -0.378 e. The van der Waals surface area contributed by atoms with E-state index < -0.39 is 0 Å². The number of rotatable bonds is 4. The van der Waals surface area contributed by atoms with Gasteiger partial charge in [-0.1, -0.05) is 0 Å². The first kappa shape index (κ1) is 17.5. The van der Waals surface area contributed by atoms with E-state index >= 15 is 0 Å². The lowest BCUT2D eigenvalue weighted by atomic mass is 10.1. The summed E-state index contributed by atoms with van der Waals surface area (Å²) >= 11 is 0. The highest BCUT2D eigenvalue weighted by Crippen LogP contribution is 2.21. The Morgan fingerprint density at radius 1 is 1.11 bits per heavy atom. The van der Waals surface area contributed by atoms with E-state index in [1.165, 1.54) is 0 Å². The second-order valence-electron chi connectivity index (χ2n) is 6.79. The molecule has 2 aliphatic rings. The second-order valence-corrected chi connectivity index (χ2v) is 6.79. The molecule has 1 unspecified atom stereocenters. The summed E-state index contributed by atoms with van der Waals surface area (Å²) in [5.41, 5.74) is 0.585. The van der Waals surface area contributed by atoms with Crippen LogP contribution in [-0.4, -0.2) is 60.4 Å². The Kier molecular flexibility index (Phi) is 5.30. The van der Waals surface area contributed by atoms with Gasteiger partial charge >= 0.3 is 0 Å². The van der Waals surface area contributed by atoms with Crippen LogP contribution in [0.15, 0.2) is 30.6 Å². The zero-order valence-electron chi connectivity index (χ0n) is 15.2. The first-order chi connectivity index (χ1) is 13.3. The molecule has 0 bridgehead atoms. The topological polar surface area (TPSA) is 90.2 Å². The zero-order valence-corrected chi connectivity index (χ0v) is 15.2. The van der Waals surface area contributed by atoms with E-state index in [0.717, 1.165) is 69.8 Å². The van der Waals surface area contributed by atoms with E-state index in [-0.39, 0.29) is 0 Å². The summed E-state index contributed by atoms with van der Waals surface area (Å²) in [6.45, 7) is 4.91. The smallest absolute Gasteiger partial charge is 0.227 e. The molecule has 0 radical (unpaired) electrons. The minimum atomic E-state index is 0.295. The third-order valence-electron chi connectivity index (χ3n) is 4.91. The molecule has 0 amide bonds. The fourth-order valence-corrected chi connectivity index (χ4v) is 3.50. The fraction of sp³-hybridized carbons (Fsp3) is 0.474. The number of nitrogens with zero attached hydrogens (tertiary/aromatic N) is 6. The van der Waals surface area contributed by atoms with Crippen LogP contribution in [0.2, 0.25) is 0 Å². The van der Waals surface area contributed by atoms with Crippen LogP contribution in [0, 0.1) is 11.3 Å². The number of aromatic nitrogens is 3. The van der Waals surface area contributed by atoms with Gasteiger partial charge in [-0.15, -0.1) is 0 Å². The van der Waals surface area contributed by atoms with Gasteiger partial charge < -0.3 is 19.9 Å². The SMILES string of the molecule is N#Cc1ccc(N2CCCC(Nc3ccnc(N4CCOCC4)n3)C2)nc1. The molecule has 1 N–H and O–H groups in total. The minimum absolute atomic E-state index is 0.295. The van der Waals surface area contributed by atoms with Crippen molar-refractivity contribution in [2.75, 3.05) is 54.5 Å². The van der Waals surface area contributed by atoms with Crippen molar-refractivity contribution in [1.29, 1.82) is 5.26 Å². The molecule has 2 aromatic rings. The highest BCUT2D eigenvalue weighted by atomic mass is 16.5. The molecule has 4 rings (SSSR count). The number of pyridine rings is 1. The second kappa shape index (κ2) is 8.18. The maximum atomic E-state index is 8.93. The summed E-state index contributed by atoms with van der Waals surface area (Å²) in [7, 11) is 0. The van der Waals surface area contributed by atoms with E-state index in [1.54, 1.807) is 6.20 Å². The average molecular weight is 365 g/mol. The van der Waals surface area contributed by atoms with Gasteiger partial charge in [-0.3, -0.25) is 0 Å². The van der Waals surface area contributed by atoms with Crippen LogP contribution in [0.3, 0.4) is 0 Å². The van der Waals surface area contributed by atoms with Gasteiger partial charge in [-0.25, -0.2) is 9.97 Å². The lowest BCUT2D eigenvalue weighted by molar-refractivity contribution is 0.122. The zero-order chi connectivity index (χ0) is 18.5. The number of nitriles is 1. The van der Waals surface area contributed by atoms with E-state index in [1.807, 2.05) is 24.4 Å². The summed E-state index contributed by atoms with van der Waals surface area (Å²) < 4.78 is 5.40. The van der Waals surface area contributed by atoms with Gasteiger partial charge in [0.05, 0.1) is 18.8 Å². The van der Waals surface area contributed by atoms with Crippen LogP contribution < -0.4 is 15.1 Å². The Hall–Kier alpha value is -2.92. The normalized spacial score (nSPS) is 20.2. The number of hydrogen-bond donors (Lipinski definition) is 1. The molecule has 0 aliphatic carbocycles. The van der Waals surface area contributed by atoms with Crippen molar-refractivity contribution in [3.05, 3.63) is 36.2 Å². The van der Waals surface area contributed by atoms with Crippen molar-refractivity contribution in [2.24, 2.45) is 0 Å². The van der Waals surface area contributed by atoms with Gasteiger partial charge in [0.25, 0.3) is 0 Å². The van der Waals surface area contributed by atoms with Gasteiger partial charge in [-0.2, -0.15) is 10.2 Å². The van der Waals surface area contributed by atoms with Crippen molar-refractivity contribution in [1.82, 2.24) is 15.0 Å². The summed E-state index contributed by atoms with van der Waals surface area (Å²) in [6, 6.07) is 8.06. The number of nitrogens with one attached hydrogen (secondary N) is 1. The van der Waals surface area contributed by atoms with Crippen LogP contribution in [0.25, 0.3) is 0 Å². The molecule has 27 heavy (non-hydrogen) atoms. The Bertz CT molecular complexity index is 798. The molecule has 0 aromatic carbocycles. The molecule has 2 fully saturated rings. The van der Waals surface area contributed by atoms with Crippen molar-refractivity contribution < 1.29 is 4.74 Å². The predicted molar refractivity (Wildman–Crippen MR) is 103 cm³/mol. The van der Waals surface area contributed by atoms with Crippen LogP contribution in [-0.2, 0) is 4.74 Å². The number of morpholine rings is 1. The third-order valence-corrected chi connectivity index (χ3v) is 4.91. The molecule has 8 heteroatoms. The van der Waals surface area contributed by atoms with Crippen molar-refractivity contribution >= 4 is 17.6 Å². The molecule has 140 valence electrons. The standard InChI is InChI=1S/C19H23N7O/c20-12-15-3-4-18(22-13-15)26-7-1-2-16(14-26)23-17-5-6-21-19(24-17)25-8-10-27-11-9-25/h3-6,13,16H,1-2,7-11,14H2,(H,21,23,24). The van der Waals surface area contributed by atoms with Crippen molar-refractivity contribution in [3.8, 4) is 6.07 Å². The first-order valence-corrected chi connectivity index (χ1v) is 9.35. The van der Waals surface area contributed by atoms with E-state index in [9.17, 15) is 0 Å². The Labute approximate surface area is 158 Å². The summed E-state index contributed by atoms with van der Waals surface area (Å²) in [4.78, 5) is 17.9. The quantitative estimate of drug-likeness (QED) is 0.875. The highest BCUT2D eigenvalue weighted by Gasteiger charge is 2.22. The number of anilines is 3. The number of piperidine rings is 1. The Morgan fingerprint density at radius 2 is 2.00 bits per heavy atom. The molecule has 4 heterocycles.